The van der Waals surface area contributed by atoms with Crippen LogP contribution in [-0.4, -0.2) is 40.5 Å². The zero-order chi connectivity index (χ0) is 14.3. The number of benzene rings is 1. The fourth-order valence-corrected chi connectivity index (χ4v) is 2.73. The molecule has 2 aliphatic heterocycles. The van der Waals surface area contributed by atoms with Gasteiger partial charge in [-0.1, -0.05) is 30.3 Å². The molecule has 0 saturated carbocycles. The number of carbonyl (C=O) groups is 1. The van der Waals surface area contributed by atoms with E-state index in [0.29, 0.717) is 6.42 Å². The van der Waals surface area contributed by atoms with Gasteiger partial charge in [0, 0.05) is 6.42 Å². The number of hydrogen-bond acceptors (Lipinski definition) is 5. The van der Waals surface area contributed by atoms with E-state index in [2.05, 4.69) is 0 Å². The largest absolute Gasteiger partial charge is 0.462 e. The van der Waals surface area contributed by atoms with E-state index in [0.717, 1.165) is 5.56 Å². The van der Waals surface area contributed by atoms with Gasteiger partial charge in [0.25, 0.3) is 0 Å². The second kappa shape index (κ2) is 4.84. The normalized spacial score (nSPS) is 30.9. The minimum absolute atomic E-state index is 0.119. The Bertz CT molecular complexity index is 496. The molecule has 2 heterocycles. The minimum atomic E-state index is -0.987. The fourth-order valence-electron chi connectivity index (χ4n) is 2.73. The molecule has 1 aromatic rings. The molecule has 20 heavy (non-hydrogen) atoms. The van der Waals surface area contributed by atoms with Gasteiger partial charge in [0.05, 0.1) is 11.6 Å². The van der Waals surface area contributed by atoms with Crippen LogP contribution in [0.25, 0.3) is 0 Å². The second-order valence-electron chi connectivity index (χ2n) is 5.92. The highest BCUT2D eigenvalue weighted by atomic mass is 16.7. The Kier molecular flexibility index (Phi) is 3.28. The van der Waals surface area contributed by atoms with Crippen molar-refractivity contribution >= 4 is 5.97 Å². The van der Waals surface area contributed by atoms with Gasteiger partial charge in [0.2, 0.25) is 0 Å². The molecule has 5 heteroatoms. The number of esters is 1. The fraction of sp³-hybridized carbons (Fsp3) is 0.533. The molecule has 0 amide bonds. The zero-order valence-corrected chi connectivity index (χ0v) is 11.7. The molecule has 1 aromatic carbocycles. The summed E-state index contributed by atoms with van der Waals surface area (Å²) in [7, 11) is 0. The van der Waals surface area contributed by atoms with E-state index < -0.39 is 17.7 Å². The molecule has 2 aliphatic rings. The van der Waals surface area contributed by atoms with E-state index in [9.17, 15) is 9.90 Å². The Labute approximate surface area is 118 Å². The Morgan fingerprint density at radius 3 is 2.60 bits per heavy atom. The summed E-state index contributed by atoms with van der Waals surface area (Å²) in [6, 6.07) is 9.26. The standard InChI is InChI=1S/C15H19NO4/c1-15(2,18)13-8-11-14(17)19-9-12(16(11)20-13)10-6-4-3-5-7-10/h3-7,11-13,18H,8-9H2,1-2H3/t11-,12+,13-/m1/s1. The van der Waals surface area contributed by atoms with Crippen LogP contribution in [0.1, 0.15) is 31.9 Å². The highest BCUT2D eigenvalue weighted by Crippen LogP contribution is 2.38. The van der Waals surface area contributed by atoms with Crippen LogP contribution in [0, 0.1) is 0 Å². The van der Waals surface area contributed by atoms with Gasteiger partial charge < -0.3 is 9.84 Å². The van der Waals surface area contributed by atoms with Crippen molar-refractivity contribution in [1.29, 1.82) is 0 Å². The first-order valence-electron chi connectivity index (χ1n) is 6.86. The number of nitrogens with zero attached hydrogens (tertiary/aromatic N) is 1. The average molecular weight is 277 g/mol. The summed E-state index contributed by atoms with van der Waals surface area (Å²) in [6.07, 6.45) is 0.0513. The van der Waals surface area contributed by atoms with Crippen LogP contribution in [0.2, 0.25) is 0 Å². The first-order chi connectivity index (χ1) is 9.47. The highest BCUT2D eigenvalue weighted by Gasteiger charge is 2.50. The van der Waals surface area contributed by atoms with E-state index in [4.69, 9.17) is 9.57 Å². The third-order valence-electron chi connectivity index (χ3n) is 3.93. The third-order valence-corrected chi connectivity index (χ3v) is 3.93. The maximum Gasteiger partial charge on any atom is 0.325 e. The van der Waals surface area contributed by atoms with Gasteiger partial charge in [-0.25, -0.2) is 0 Å². The molecule has 108 valence electrons. The van der Waals surface area contributed by atoms with Gasteiger partial charge >= 0.3 is 5.97 Å². The van der Waals surface area contributed by atoms with Gasteiger partial charge in [-0.3, -0.25) is 9.63 Å². The highest BCUT2D eigenvalue weighted by molar-refractivity contribution is 5.76. The van der Waals surface area contributed by atoms with Gasteiger partial charge in [-0.2, -0.15) is 5.06 Å². The number of fused-ring (bicyclic) bond motifs is 1. The van der Waals surface area contributed by atoms with E-state index in [1.165, 1.54) is 0 Å². The predicted octanol–water partition coefficient (Wildman–Crippen LogP) is 1.43. The van der Waals surface area contributed by atoms with Crippen molar-refractivity contribution in [1.82, 2.24) is 5.06 Å². The van der Waals surface area contributed by atoms with E-state index >= 15 is 0 Å². The van der Waals surface area contributed by atoms with Crippen LogP contribution < -0.4 is 0 Å². The van der Waals surface area contributed by atoms with Crippen molar-refractivity contribution in [2.45, 2.75) is 44.1 Å². The van der Waals surface area contributed by atoms with Crippen LogP contribution in [0.4, 0.5) is 0 Å². The summed E-state index contributed by atoms with van der Waals surface area (Å²) in [5, 5.41) is 11.8. The van der Waals surface area contributed by atoms with Crippen molar-refractivity contribution in [3.05, 3.63) is 35.9 Å². The Morgan fingerprint density at radius 1 is 1.25 bits per heavy atom. The lowest BCUT2D eigenvalue weighted by Crippen LogP contribution is -2.46. The first-order valence-corrected chi connectivity index (χ1v) is 6.86. The lowest BCUT2D eigenvalue weighted by molar-refractivity contribution is -0.246. The Morgan fingerprint density at radius 2 is 1.95 bits per heavy atom. The Balaban J connectivity index is 1.87. The summed E-state index contributed by atoms with van der Waals surface area (Å²) in [5.74, 6) is -0.274. The number of ether oxygens (including phenoxy) is 1. The zero-order valence-electron chi connectivity index (χ0n) is 11.7. The molecule has 0 aliphatic carbocycles. The summed E-state index contributed by atoms with van der Waals surface area (Å²) < 4.78 is 5.28. The molecule has 0 aromatic heterocycles. The molecular formula is C15H19NO4. The average Bonchev–Trinajstić information content (AvgIpc) is 2.86. The van der Waals surface area contributed by atoms with E-state index in [1.54, 1.807) is 18.9 Å². The number of cyclic esters (lactones) is 1. The van der Waals surface area contributed by atoms with Crippen molar-refractivity contribution < 1.29 is 19.5 Å². The first kappa shape index (κ1) is 13.5. The smallest absolute Gasteiger partial charge is 0.325 e. The van der Waals surface area contributed by atoms with Gasteiger partial charge in [-0.05, 0) is 19.4 Å². The monoisotopic (exact) mass is 277 g/mol. The summed E-state index contributed by atoms with van der Waals surface area (Å²) >= 11 is 0. The number of hydroxylamine groups is 2. The lowest BCUT2D eigenvalue weighted by Gasteiger charge is -2.35. The lowest BCUT2D eigenvalue weighted by atomic mass is 9.95. The maximum absolute atomic E-state index is 11.9. The second-order valence-corrected chi connectivity index (χ2v) is 5.92. The minimum Gasteiger partial charge on any atom is -0.462 e. The molecule has 2 saturated heterocycles. The van der Waals surface area contributed by atoms with Crippen molar-refractivity contribution in [3.63, 3.8) is 0 Å². The molecule has 3 rings (SSSR count). The van der Waals surface area contributed by atoms with Crippen LogP contribution in [0.15, 0.2) is 30.3 Å². The third kappa shape index (κ3) is 2.32. The SMILES string of the molecule is CC(C)(O)[C@H]1C[C@@H]2C(=O)OC[C@@H](c3ccccc3)N2O1. The molecule has 0 bridgehead atoms. The van der Waals surface area contributed by atoms with E-state index in [-0.39, 0.29) is 18.6 Å². The number of morpholine rings is 1. The summed E-state index contributed by atoms with van der Waals surface area (Å²) in [4.78, 5) is 17.7. The predicted molar refractivity (Wildman–Crippen MR) is 71.6 cm³/mol. The summed E-state index contributed by atoms with van der Waals surface area (Å²) in [5.41, 5.74) is 0.0557. The van der Waals surface area contributed by atoms with Crippen LogP contribution >= 0.6 is 0 Å². The summed E-state index contributed by atoms with van der Waals surface area (Å²) in [6.45, 7) is 3.66. The van der Waals surface area contributed by atoms with Crippen LogP contribution in [0.3, 0.4) is 0 Å². The molecule has 0 spiro atoms. The van der Waals surface area contributed by atoms with Gasteiger partial charge in [-0.15, -0.1) is 0 Å². The quantitative estimate of drug-likeness (QED) is 0.829. The number of hydrogen-bond donors (Lipinski definition) is 1. The van der Waals surface area contributed by atoms with Crippen molar-refractivity contribution in [2.24, 2.45) is 0 Å². The molecule has 5 nitrogen and oxygen atoms in total. The van der Waals surface area contributed by atoms with Crippen molar-refractivity contribution in [3.8, 4) is 0 Å². The molecule has 1 N–H and O–H groups in total. The molecule has 0 unspecified atom stereocenters. The number of carbonyl (C=O) groups excluding carboxylic acids is 1. The topological polar surface area (TPSA) is 59.0 Å². The molecule has 3 atom stereocenters. The van der Waals surface area contributed by atoms with Crippen LogP contribution in [-0.2, 0) is 14.4 Å². The molecular weight excluding hydrogens is 258 g/mol. The van der Waals surface area contributed by atoms with Gasteiger partial charge in [0.1, 0.15) is 18.8 Å². The molecule has 0 radical (unpaired) electrons. The number of rotatable bonds is 2. The maximum atomic E-state index is 11.9. The van der Waals surface area contributed by atoms with E-state index in [1.807, 2.05) is 30.3 Å². The Hall–Kier alpha value is -1.43. The van der Waals surface area contributed by atoms with Gasteiger partial charge in [0.15, 0.2) is 0 Å². The number of aliphatic hydroxyl groups is 1. The van der Waals surface area contributed by atoms with Crippen LogP contribution in [0.5, 0.6) is 0 Å². The van der Waals surface area contributed by atoms with Crippen molar-refractivity contribution in [2.75, 3.05) is 6.61 Å². The molecule has 2 fully saturated rings.